The zero-order valence-electron chi connectivity index (χ0n) is 78.3. The molecular formula is C91H98F11N12O29P3. The second-order valence-corrected chi connectivity index (χ2v) is 38.5. The molecule has 0 spiro atoms. The average Bonchev–Trinajstić information content (AvgIpc) is 1.61. The first-order valence-electron chi connectivity index (χ1n) is 43.3. The van der Waals surface area contributed by atoms with Gasteiger partial charge in [-0.2, -0.15) is 65.3 Å². The molecule has 0 bridgehead atoms. The van der Waals surface area contributed by atoms with Crippen molar-refractivity contribution in [2.75, 3.05) is 37.0 Å². The topological polar surface area (TPSA) is 544 Å². The van der Waals surface area contributed by atoms with E-state index in [1.807, 2.05) is 0 Å². The third-order valence-corrected chi connectivity index (χ3v) is 24.6. The number of hydrogen-bond donors (Lipinski definition) is 8. The summed E-state index contributed by atoms with van der Waals surface area (Å²) in [5, 5.41) is 26.5. The zero-order chi connectivity index (χ0) is 107. The first-order valence-corrected chi connectivity index (χ1v) is 48.0. The number of aliphatic hydroxyl groups is 2. The van der Waals surface area contributed by atoms with Crippen molar-refractivity contribution in [1.29, 1.82) is 0 Å². The van der Waals surface area contributed by atoms with Gasteiger partial charge >= 0.3 is 88.3 Å². The van der Waals surface area contributed by atoms with Crippen molar-refractivity contribution in [3.63, 3.8) is 0 Å². The van der Waals surface area contributed by atoms with Crippen LogP contribution in [-0.2, 0) is 104 Å². The number of anilines is 3. The van der Waals surface area contributed by atoms with Gasteiger partial charge in [-0.15, -0.1) is 0 Å². The number of aromatic nitrogens is 6. The number of hydrogen-bond acceptors (Lipinski definition) is 35. The molecule has 3 aliphatic heterocycles. The Kier molecular flexibility index (Phi) is 38.7. The maximum absolute atomic E-state index is 15.9. The molecule has 0 amide bonds. The fraction of sp³-hybridized carbons (Fsp3) is 0.352. The first-order chi connectivity index (χ1) is 68.6. The van der Waals surface area contributed by atoms with Crippen LogP contribution < -0.4 is 67.6 Å². The number of nitrogens with two attached hydrogens (primary N) is 3. The molecule has 11 N–H and O–H groups in total. The molecule has 6 heterocycles. The van der Waals surface area contributed by atoms with E-state index in [-0.39, 0.29) is 54.5 Å². The molecule has 0 radical (unpaired) electrons. The van der Waals surface area contributed by atoms with Crippen LogP contribution in [0.4, 0.5) is 75.3 Å². The number of nitrogen functional groups attached to an aromatic ring is 3. The smallest absolute Gasteiger partial charge is 0.460 e. The summed E-state index contributed by atoms with van der Waals surface area (Å²) in [4.78, 5) is 108. The lowest BCUT2D eigenvalue weighted by Gasteiger charge is -2.27. The number of alkyl halides is 6. The van der Waals surface area contributed by atoms with Crippen molar-refractivity contribution in [2.24, 2.45) is 0 Å². The van der Waals surface area contributed by atoms with E-state index in [1.165, 1.54) is 111 Å². The molecule has 3 saturated heterocycles. The van der Waals surface area contributed by atoms with Crippen LogP contribution in [0.2, 0.25) is 0 Å². The van der Waals surface area contributed by atoms with Gasteiger partial charge < -0.3 is 92.9 Å². The molecule has 3 aliphatic rings. The van der Waals surface area contributed by atoms with Crippen LogP contribution in [0.15, 0.2) is 233 Å². The summed E-state index contributed by atoms with van der Waals surface area (Å²) >= 11 is 0. The van der Waals surface area contributed by atoms with E-state index < -0.39 is 228 Å². The average molecular weight is 2130 g/mol. The highest BCUT2D eigenvalue weighted by Crippen LogP contribution is 2.53. The molecular weight excluding hydrogens is 2030 g/mol. The molecule has 3 fully saturated rings. The zero-order valence-corrected chi connectivity index (χ0v) is 81.0. The van der Waals surface area contributed by atoms with Gasteiger partial charge in [-0.1, -0.05) is 146 Å². The summed E-state index contributed by atoms with van der Waals surface area (Å²) in [5.74, 6) is -28.6. The van der Waals surface area contributed by atoms with Gasteiger partial charge in [0, 0.05) is 18.6 Å². The Labute approximate surface area is 822 Å². The van der Waals surface area contributed by atoms with Crippen LogP contribution in [0, 0.1) is 29.1 Å². The van der Waals surface area contributed by atoms with E-state index in [4.69, 9.17) is 82.5 Å². The van der Waals surface area contributed by atoms with Gasteiger partial charge in [0.05, 0.1) is 19.8 Å². The molecule has 9 unspecified atom stereocenters. The second kappa shape index (κ2) is 49.4. The van der Waals surface area contributed by atoms with Crippen LogP contribution in [0.1, 0.15) is 97.7 Å². The van der Waals surface area contributed by atoms with E-state index in [9.17, 15) is 102 Å². The van der Waals surface area contributed by atoms with E-state index in [1.54, 1.807) is 133 Å². The molecule has 146 heavy (non-hydrogen) atoms. The lowest BCUT2D eigenvalue weighted by atomic mass is 10.1. The fourth-order valence-electron chi connectivity index (χ4n) is 12.9. The number of carbonyl (C=O) groups is 5. The van der Waals surface area contributed by atoms with Crippen molar-refractivity contribution in [3.8, 4) is 23.0 Å². The van der Waals surface area contributed by atoms with Crippen LogP contribution in [0.5, 0.6) is 23.0 Å². The molecule has 13 rings (SSSR count). The summed E-state index contributed by atoms with van der Waals surface area (Å²) in [7, 11) is -14.0. The number of carbonyl (C=O) groups excluding carboxylic acids is 5. The monoisotopic (exact) mass is 2120 g/mol. The standard InChI is InChI=1S/C30H35F2N4O10P.C25H27F2N4O8P.C22H17F5NO5P.C14H19F2N3O6/c1-19(25(37)41-17-20-11-7-5-8-12-20)35-47(40,46-21-13-9-6-10-14-21)42-18-22-24(44-28(39)45-29(2,3)4)30(31,32)26(43-22)36-16-15-23(33)34-27(36)38;1-16(22(33)36-14-17-8-4-2-5-9-17)30-40(35,39-18-10-6-3-7-11-18)37-15-19-21(32)25(26,27)23(38-19)31-13-12-20(28)29-24(31)34;1-13(22(29)31-12-14-8-4-2-5-9-14)28-34(30,32-15-10-6-3-7-11-15)33-21-19(26)17(24)16(23)18(25)20(21)27;1-13(2,3)25-12(22)24-9-7(6-20)23-10(14(9,15)16)19-5-4-8(17)18-11(19)21/h5-16,19,22,24,26H,17-18H2,1-4H3,(H,35,40)(H2,33,34,38);2-13,16,19,21,23,32H,14-15H2,1H3,(H,30,35)(H2,28,29,34);2-11,13H,12H2,1H3,(H,28,30);4-5,7,9-10,20H,6H2,1-3H3,(H2,17,18,21)/t19-,22?,24?,26?,47-;16-,19?,21?,23?,40-;13-,34-;/m000./s1. The summed E-state index contributed by atoms with van der Waals surface area (Å²) in [5.41, 5.74) is 12.9. The minimum absolute atomic E-state index is 0.0461. The maximum Gasteiger partial charge on any atom is 0.513 e. The van der Waals surface area contributed by atoms with Crippen LogP contribution in [0.25, 0.3) is 0 Å². The van der Waals surface area contributed by atoms with Crippen molar-refractivity contribution < 1.29 is 171 Å². The number of para-hydroxylation sites is 3. The van der Waals surface area contributed by atoms with E-state index >= 15 is 8.78 Å². The largest absolute Gasteiger partial charge is 0.513 e. The van der Waals surface area contributed by atoms with E-state index in [0.29, 0.717) is 24.8 Å². The van der Waals surface area contributed by atoms with Gasteiger partial charge in [0.2, 0.25) is 65.7 Å². The number of rotatable bonds is 35. The van der Waals surface area contributed by atoms with Gasteiger partial charge in [0.15, 0.2) is 6.10 Å². The summed E-state index contributed by atoms with van der Waals surface area (Å²) in [6.45, 7) is 10.00. The predicted octanol–water partition coefficient (Wildman–Crippen LogP) is 13.6. The Balaban J connectivity index is 0.000000204. The molecule has 3 aromatic heterocycles. The Morgan fingerprint density at radius 3 is 1.00 bits per heavy atom. The predicted molar refractivity (Wildman–Crippen MR) is 490 cm³/mol. The van der Waals surface area contributed by atoms with Crippen molar-refractivity contribution in [3.05, 3.63) is 296 Å². The summed E-state index contributed by atoms with van der Waals surface area (Å²) in [6, 6.07) is 48.1. The molecule has 10 aromatic rings. The fourth-order valence-corrected chi connectivity index (χ4v) is 17.4. The van der Waals surface area contributed by atoms with Gasteiger partial charge in [-0.05, 0) is 134 Å². The number of benzene rings is 7. The molecule has 788 valence electrons. The molecule has 0 aliphatic carbocycles. The highest BCUT2D eigenvalue weighted by molar-refractivity contribution is 7.53. The second-order valence-electron chi connectivity index (χ2n) is 33.5. The minimum atomic E-state index is -4.96. The lowest BCUT2D eigenvalue weighted by molar-refractivity contribution is -0.149. The number of halogens is 11. The lowest BCUT2D eigenvalue weighted by Crippen LogP contribution is -2.45. The SMILES string of the molecule is CC(C)(C)OC(=O)OC1C(CO)OC(n2ccc(N)nc2=O)C1(F)F.C[C@H](N[P@](=O)(OCC1OC(n2ccc(N)nc2=O)C(F)(F)C1O)Oc1ccccc1)C(=O)OCc1ccccc1.C[C@H](N[P@](=O)(OCC1OC(n2ccc(N)nc2=O)C(F)(F)C1OC(=O)OC(C)(C)C)Oc1ccccc1)C(=O)OCc1ccccc1.C[C@H](N[P@](=O)(Oc1ccccc1)Oc1c(F)c(F)c(F)c(F)c1F)C(=O)OCc1ccccc1. The molecule has 55 heteroatoms. The Morgan fingerprint density at radius 2 is 0.685 bits per heavy atom. The van der Waals surface area contributed by atoms with Crippen molar-refractivity contribution in [2.45, 2.75) is 185 Å². The van der Waals surface area contributed by atoms with Crippen molar-refractivity contribution in [1.82, 2.24) is 43.9 Å². The Hall–Kier alpha value is -13.8. The van der Waals surface area contributed by atoms with Crippen LogP contribution >= 0.6 is 23.2 Å². The van der Waals surface area contributed by atoms with E-state index in [0.717, 1.165) is 42.4 Å². The first kappa shape index (κ1) is 114. The maximum atomic E-state index is 15.9. The van der Waals surface area contributed by atoms with Crippen LogP contribution in [0.3, 0.4) is 0 Å². The summed E-state index contributed by atoms with van der Waals surface area (Å²) in [6.07, 6.45) is -18.8. The number of esters is 3. The third-order valence-electron chi connectivity index (χ3n) is 19.7. The Morgan fingerprint density at radius 1 is 0.411 bits per heavy atom. The third kappa shape index (κ3) is 31.4. The van der Waals surface area contributed by atoms with Crippen LogP contribution in [-0.4, -0.2) is 173 Å². The van der Waals surface area contributed by atoms with Gasteiger partial charge in [0.1, 0.15) is 102 Å². The quantitative estimate of drug-likeness (QED) is 0.00457. The van der Waals surface area contributed by atoms with Gasteiger partial charge in [-0.25, -0.2) is 50.8 Å². The number of nitrogens with one attached hydrogen (secondary N) is 3. The summed E-state index contributed by atoms with van der Waals surface area (Å²) < 4.78 is 285. The molecule has 15 atom stereocenters. The number of aliphatic hydroxyl groups excluding tert-OH is 2. The molecule has 0 saturated carbocycles. The highest BCUT2D eigenvalue weighted by Gasteiger charge is 2.65. The van der Waals surface area contributed by atoms with E-state index in [2.05, 4.69) is 39.5 Å². The molecule has 7 aromatic carbocycles. The number of nitrogens with zero attached hydrogens (tertiary/aromatic N) is 6. The van der Waals surface area contributed by atoms with Crippen molar-refractivity contribution >= 4 is 70.9 Å². The van der Waals surface area contributed by atoms with Gasteiger partial charge in [0.25, 0.3) is 0 Å². The Bertz CT molecular complexity index is 6440. The highest BCUT2D eigenvalue weighted by atomic mass is 31.2. The number of ether oxygens (including phenoxy) is 10. The van der Waals surface area contributed by atoms with Gasteiger partial charge in [-0.3, -0.25) is 37.1 Å². The molecule has 41 nitrogen and oxygen atoms in total. The normalized spacial score (nSPS) is 20.4. The minimum Gasteiger partial charge on any atom is -0.460 e.